The van der Waals surface area contributed by atoms with E-state index in [0.717, 1.165) is 28.9 Å². The highest BCUT2D eigenvalue weighted by Crippen LogP contribution is 2.31. The molecule has 0 spiro atoms. The maximum atomic E-state index is 13.4. The SMILES string of the molecule is CCCCOc1ccc(C(=O)Nc2scc3c(C(=O)OCC)nn(-c4ccccc4)c(=O)c23)cc1. The van der Waals surface area contributed by atoms with Crippen molar-refractivity contribution in [1.82, 2.24) is 9.78 Å². The Morgan fingerprint density at radius 3 is 2.49 bits per heavy atom. The number of nitrogens with zero attached hydrogens (tertiary/aromatic N) is 2. The third-order valence-corrected chi connectivity index (χ3v) is 6.13. The number of thiophene rings is 1. The molecular formula is C26H25N3O5S. The van der Waals surface area contributed by atoms with Crippen LogP contribution < -0.4 is 15.6 Å². The fourth-order valence-corrected chi connectivity index (χ4v) is 4.38. The number of nitrogens with one attached hydrogen (secondary N) is 1. The van der Waals surface area contributed by atoms with Gasteiger partial charge in [-0.25, -0.2) is 4.79 Å². The van der Waals surface area contributed by atoms with E-state index in [4.69, 9.17) is 9.47 Å². The largest absolute Gasteiger partial charge is 0.494 e. The quantitative estimate of drug-likeness (QED) is 0.260. The maximum Gasteiger partial charge on any atom is 0.359 e. The van der Waals surface area contributed by atoms with Gasteiger partial charge in [0.25, 0.3) is 11.5 Å². The highest BCUT2D eigenvalue weighted by atomic mass is 32.1. The smallest absolute Gasteiger partial charge is 0.359 e. The van der Waals surface area contributed by atoms with Crippen LogP contribution in [0.2, 0.25) is 0 Å². The summed E-state index contributed by atoms with van der Waals surface area (Å²) >= 11 is 1.15. The fourth-order valence-electron chi connectivity index (χ4n) is 3.45. The maximum absolute atomic E-state index is 13.4. The average molecular weight is 492 g/mol. The number of para-hydroxylation sites is 1. The summed E-state index contributed by atoms with van der Waals surface area (Å²) in [5.74, 6) is -0.335. The number of rotatable bonds is 9. The number of carbonyl (C=O) groups is 2. The lowest BCUT2D eigenvalue weighted by Gasteiger charge is -2.10. The van der Waals surface area contributed by atoms with Crippen LogP contribution >= 0.6 is 11.3 Å². The minimum absolute atomic E-state index is 0.00985. The first-order valence-corrected chi connectivity index (χ1v) is 12.2. The van der Waals surface area contributed by atoms with Gasteiger partial charge in [0.1, 0.15) is 10.8 Å². The number of hydrogen-bond donors (Lipinski definition) is 1. The molecule has 1 amide bonds. The molecule has 2 heterocycles. The van der Waals surface area contributed by atoms with Gasteiger partial charge in [0.2, 0.25) is 0 Å². The van der Waals surface area contributed by atoms with Gasteiger partial charge in [-0.1, -0.05) is 31.5 Å². The Bertz CT molecular complexity index is 1390. The van der Waals surface area contributed by atoms with E-state index in [1.165, 1.54) is 0 Å². The first-order chi connectivity index (χ1) is 17.0. The van der Waals surface area contributed by atoms with Crippen molar-refractivity contribution >= 4 is 39.0 Å². The summed E-state index contributed by atoms with van der Waals surface area (Å²) in [6.45, 7) is 4.57. The molecule has 0 saturated carbocycles. The van der Waals surface area contributed by atoms with Gasteiger partial charge >= 0.3 is 5.97 Å². The molecule has 0 radical (unpaired) electrons. The Morgan fingerprint density at radius 2 is 1.80 bits per heavy atom. The van der Waals surface area contributed by atoms with Crippen molar-refractivity contribution in [2.45, 2.75) is 26.7 Å². The first kappa shape index (κ1) is 24.2. The zero-order chi connectivity index (χ0) is 24.8. The number of benzene rings is 2. The normalized spacial score (nSPS) is 10.8. The van der Waals surface area contributed by atoms with E-state index in [9.17, 15) is 14.4 Å². The summed E-state index contributed by atoms with van der Waals surface area (Å²) in [7, 11) is 0. The molecule has 1 N–H and O–H groups in total. The molecule has 35 heavy (non-hydrogen) atoms. The van der Waals surface area contributed by atoms with Gasteiger partial charge in [-0.3, -0.25) is 9.59 Å². The Balaban J connectivity index is 1.70. The van der Waals surface area contributed by atoms with Crippen LogP contribution in [0.15, 0.2) is 64.8 Å². The summed E-state index contributed by atoms with van der Waals surface area (Å²) in [6, 6.07) is 15.6. The number of amides is 1. The van der Waals surface area contributed by atoms with E-state index >= 15 is 0 Å². The van der Waals surface area contributed by atoms with Gasteiger partial charge < -0.3 is 14.8 Å². The Morgan fingerprint density at radius 1 is 1.06 bits per heavy atom. The zero-order valence-electron chi connectivity index (χ0n) is 19.4. The molecule has 2 aromatic heterocycles. The summed E-state index contributed by atoms with van der Waals surface area (Å²) in [6.07, 6.45) is 1.99. The van der Waals surface area contributed by atoms with Crippen molar-refractivity contribution in [3.8, 4) is 11.4 Å². The van der Waals surface area contributed by atoms with E-state index in [0.29, 0.717) is 34.0 Å². The predicted octanol–water partition coefficient (Wildman–Crippen LogP) is 5.06. The van der Waals surface area contributed by atoms with Crippen LogP contribution in [0, 0.1) is 0 Å². The first-order valence-electron chi connectivity index (χ1n) is 11.3. The number of unbranched alkanes of at least 4 members (excludes halogenated alkanes) is 1. The van der Waals surface area contributed by atoms with Crippen molar-refractivity contribution in [3.63, 3.8) is 0 Å². The van der Waals surface area contributed by atoms with Crippen molar-refractivity contribution in [2.75, 3.05) is 18.5 Å². The molecule has 4 aromatic rings. The fraction of sp³-hybridized carbons (Fsp3) is 0.231. The van der Waals surface area contributed by atoms with Crippen LogP contribution in [-0.2, 0) is 4.74 Å². The van der Waals surface area contributed by atoms with Crippen LogP contribution in [0.3, 0.4) is 0 Å². The van der Waals surface area contributed by atoms with Gasteiger partial charge in [0.15, 0.2) is 5.69 Å². The van der Waals surface area contributed by atoms with E-state index in [1.54, 1.807) is 60.8 Å². The van der Waals surface area contributed by atoms with E-state index in [2.05, 4.69) is 17.3 Å². The lowest BCUT2D eigenvalue weighted by atomic mass is 10.2. The van der Waals surface area contributed by atoms with Crippen molar-refractivity contribution in [1.29, 1.82) is 0 Å². The number of fused-ring (bicyclic) bond motifs is 1. The number of ether oxygens (including phenoxy) is 2. The standard InChI is InChI=1S/C26H25N3O5S/c1-3-5-15-34-19-13-11-17(12-14-19)23(30)27-24-21-20(16-35-24)22(26(32)33-4-2)28-29(25(21)31)18-9-7-6-8-10-18/h6-14,16H,3-5,15H2,1-2H3,(H,27,30). The molecular weight excluding hydrogens is 466 g/mol. The molecule has 0 atom stereocenters. The Hall–Kier alpha value is -3.98. The molecule has 0 aliphatic rings. The van der Waals surface area contributed by atoms with Crippen LogP contribution in [-0.4, -0.2) is 34.9 Å². The summed E-state index contributed by atoms with van der Waals surface area (Å²) in [4.78, 5) is 39.0. The third kappa shape index (κ3) is 5.25. The molecule has 4 rings (SSSR count). The Labute approximate surface area is 206 Å². The lowest BCUT2D eigenvalue weighted by Crippen LogP contribution is -2.25. The van der Waals surface area contributed by atoms with Gasteiger partial charge in [-0.15, -0.1) is 11.3 Å². The van der Waals surface area contributed by atoms with E-state index < -0.39 is 11.5 Å². The van der Waals surface area contributed by atoms with Gasteiger partial charge in [0.05, 0.1) is 24.3 Å². The molecule has 2 aromatic carbocycles. The number of esters is 1. The second kappa shape index (κ2) is 11.0. The minimum Gasteiger partial charge on any atom is -0.494 e. The van der Waals surface area contributed by atoms with Gasteiger partial charge in [0, 0.05) is 16.3 Å². The van der Waals surface area contributed by atoms with E-state index in [-0.39, 0.29) is 23.6 Å². The molecule has 8 nitrogen and oxygen atoms in total. The lowest BCUT2D eigenvalue weighted by molar-refractivity contribution is 0.0520. The molecule has 0 unspecified atom stereocenters. The van der Waals surface area contributed by atoms with Crippen LogP contribution in [0.4, 0.5) is 5.00 Å². The molecule has 0 saturated heterocycles. The summed E-state index contributed by atoms with van der Waals surface area (Å²) in [5, 5.41) is 9.60. The van der Waals surface area contributed by atoms with E-state index in [1.807, 2.05) is 6.07 Å². The summed E-state index contributed by atoms with van der Waals surface area (Å²) in [5.41, 5.74) is 0.468. The molecule has 180 valence electrons. The van der Waals surface area contributed by atoms with Crippen molar-refractivity contribution < 1.29 is 19.1 Å². The average Bonchev–Trinajstić information content (AvgIpc) is 3.29. The van der Waals surface area contributed by atoms with Crippen molar-refractivity contribution in [2.24, 2.45) is 0 Å². The Kier molecular flexibility index (Phi) is 7.57. The molecule has 9 heteroatoms. The number of carbonyl (C=O) groups excluding carboxylic acids is 2. The highest BCUT2D eigenvalue weighted by Gasteiger charge is 2.23. The number of hydrogen-bond acceptors (Lipinski definition) is 7. The van der Waals surface area contributed by atoms with Crippen LogP contribution in [0.5, 0.6) is 5.75 Å². The second-order valence-electron chi connectivity index (χ2n) is 7.66. The molecule has 0 aliphatic heterocycles. The summed E-state index contributed by atoms with van der Waals surface area (Å²) < 4.78 is 12.0. The zero-order valence-corrected chi connectivity index (χ0v) is 20.3. The number of anilines is 1. The van der Waals surface area contributed by atoms with Crippen LogP contribution in [0.1, 0.15) is 47.5 Å². The van der Waals surface area contributed by atoms with Gasteiger partial charge in [-0.2, -0.15) is 9.78 Å². The van der Waals surface area contributed by atoms with Crippen molar-refractivity contribution in [3.05, 3.63) is 81.6 Å². The second-order valence-corrected chi connectivity index (χ2v) is 8.54. The molecule has 0 fully saturated rings. The minimum atomic E-state index is -0.642. The van der Waals surface area contributed by atoms with Crippen LogP contribution in [0.25, 0.3) is 16.5 Å². The molecule has 0 bridgehead atoms. The molecule has 0 aliphatic carbocycles. The topological polar surface area (TPSA) is 99.5 Å². The van der Waals surface area contributed by atoms with Gasteiger partial charge in [-0.05, 0) is 49.7 Å². The highest BCUT2D eigenvalue weighted by molar-refractivity contribution is 7.16. The monoisotopic (exact) mass is 491 g/mol. The predicted molar refractivity (Wildman–Crippen MR) is 136 cm³/mol. The third-order valence-electron chi connectivity index (χ3n) is 5.23. The number of aromatic nitrogens is 2.